The van der Waals surface area contributed by atoms with Crippen molar-refractivity contribution in [3.05, 3.63) is 18.1 Å². The number of nitrogens with one attached hydrogen (secondary N) is 1. The summed E-state index contributed by atoms with van der Waals surface area (Å²) < 4.78 is 0. The molecule has 0 aromatic carbocycles. The Balaban J connectivity index is 2.11. The van der Waals surface area contributed by atoms with E-state index >= 15 is 0 Å². The number of rotatable bonds is 4. The highest BCUT2D eigenvalue weighted by atomic mass is 32.2. The van der Waals surface area contributed by atoms with Crippen molar-refractivity contribution in [1.82, 2.24) is 15.3 Å². The lowest BCUT2D eigenvalue weighted by Gasteiger charge is -2.23. The van der Waals surface area contributed by atoms with Crippen LogP contribution in [0.4, 0.5) is 5.82 Å². The molecule has 2 rings (SSSR count). The van der Waals surface area contributed by atoms with Gasteiger partial charge in [0.05, 0.1) is 0 Å². The molecule has 17 heavy (non-hydrogen) atoms. The minimum Gasteiger partial charge on any atom is -0.355 e. The zero-order valence-corrected chi connectivity index (χ0v) is 11.2. The minimum absolute atomic E-state index is 0.857. The largest absolute Gasteiger partial charge is 0.355 e. The van der Waals surface area contributed by atoms with E-state index in [9.17, 15) is 0 Å². The van der Waals surface area contributed by atoms with Gasteiger partial charge in [-0.2, -0.15) is 11.8 Å². The Kier molecular flexibility index (Phi) is 5.07. The predicted octanol–water partition coefficient (Wildman–Crippen LogP) is 1.53. The fourth-order valence-electron chi connectivity index (χ4n) is 1.98. The molecule has 0 unspecified atom stereocenters. The molecule has 0 aliphatic carbocycles. The van der Waals surface area contributed by atoms with Crippen molar-refractivity contribution in [3.63, 3.8) is 0 Å². The first kappa shape index (κ1) is 12.6. The number of hydrogen-bond donors (Lipinski definition) is 1. The normalized spacial score (nSPS) is 16.9. The van der Waals surface area contributed by atoms with E-state index in [1.54, 1.807) is 6.33 Å². The molecule has 0 atom stereocenters. The molecule has 0 radical (unpaired) electrons. The molecule has 1 saturated heterocycles. The molecule has 0 spiro atoms. The van der Waals surface area contributed by atoms with Gasteiger partial charge in [-0.1, -0.05) is 6.92 Å². The first-order valence-corrected chi connectivity index (χ1v) is 7.39. The highest BCUT2D eigenvalue weighted by molar-refractivity contribution is 7.99. The van der Waals surface area contributed by atoms with E-state index in [2.05, 4.69) is 27.1 Å². The molecule has 5 heteroatoms. The Labute approximate surface area is 107 Å². The zero-order chi connectivity index (χ0) is 11.9. The van der Waals surface area contributed by atoms with Crippen molar-refractivity contribution >= 4 is 17.6 Å². The Morgan fingerprint density at radius 1 is 1.41 bits per heavy atom. The maximum absolute atomic E-state index is 4.46. The van der Waals surface area contributed by atoms with E-state index in [0.717, 1.165) is 32.0 Å². The van der Waals surface area contributed by atoms with Crippen LogP contribution in [0.1, 0.15) is 18.9 Å². The second kappa shape index (κ2) is 6.81. The SMILES string of the molecule is CCNCc1cncnc1N1CCCSCC1. The van der Waals surface area contributed by atoms with Gasteiger partial charge in [0, 0.05) is 37.1 Å². The van der Waals surface area contributed by atoms with Crippen LogP contribution >= 0.6 is 11.8 Å². The van der Waals surface area contributed by atoms with Gasteiger partial charge in [-0.15, -0.1) is 0 Å². The first-order chi connectivity index (χ1) is 8.42. The Morgan fingerprint density at radius 2 is 2.35 bits per heavy atom. The van der Waals surface area contributed by atoms with Crippen molar-refractivity contribution in [2.24, 2.45) is 0 Å². The molecular formula is C12H20N4S. The molecular weight excluding hydrogens is 232 g/mol. The fourth-order valence-corrected chi connectivity index (χ4v) is 2.87. The maximum atomic E-state index is 4.46. The maximum Gasteiger partial charge on any atom is 0.136 e. The van der Waals surface area contributed by atoms with E-state index in [0.29, 0.717) is 0 Å². The van der Waals surface area contributed by atoms with E-state index in [4.69, 9.17) is 0 Å². The fraction of sp³-hybridized carbons (Fsp3) is 0.667. The molecule has 0 amide bonds. The summed E-state index contributed by atoms with van der Waals surface area (Å²) in [5.74, 6) is 3.58. The molecule has 0 saturated carbocycles. The number of aromatic nitrogens is 2. The summed E-state index contributed by atoms with van der Waals surface area (Å²) in [5, 5.41) is 3.35. The average molecular weight is 252 g/mol. The van der Waals surface area contributed by atoms with Gasteiger partial charge in [0.2, 0.25) is 0 Å². The van der Waals surface area contributed by atoms with Crippen LogP contribution in [0.25, 0.3) is 0 Å². The standard InChI is InChI=1S/C12H20N4S/c1-2-13-8-11-9-14-10-15-12(11)16-4-3-6-17-7-5-16/h9-10,13H,2-8H2,1H3. The van der Waals surface area contributed by atoms with Gasteiger partial charge in [-0.3, -0.25) is 0 Å². The van der Waals surface area contributed by atoms with Gasteiger partial charge in [0.15, 0.2) is 0 Å². The van der Waals surface area contributed by atoms with Crippen molar-refractivity contribution in [2.75, 3.05) is 36.0 Å². The Bertz CT molecular complexity index is 337. The summed E-state index contributed by atoms with van der Waals surface area (Å²) in [6, 6.07) is 0. The van der Waals surface area contributed by atoms with E-state index < -0.39 is 0 Å². The van der Waals surface area contributed by atoms with Crippen LogP contribution in [-0.4, -0.2) is 41.1 Å². The van der Waals surface area contributed by atoms with Gasteiger partial charge in [-0.25, -0.2) is 9.97 Å². The van der Waals surface area contributed by atoms with E-state index in [1.165, 1.54) is 23.5 Å². The summed E-state index contributed by atoms with van der Waals surface area (Å²) in [4.78, 5) is 11.0. The Hall–Kier alpha value is -0.810. The van der Waals surface area contributed by atoms with Gasteiger partial charge in [-0.05, 0) is 18.7 Å². The van der Waals surface area contributed by atoms with Crippen molar-refractivity contribution in [2.45, 2.75) is 19.9 Å². The number of hydrogen-bond acceptors (Lipinski definition) is 5. The highest BCUT2D eigenvalue weighted by Gasteiger charge is 2.14. The van der Waals surface area contributed by atoms with Crippen molar-refractivity contribution < 1.29 is 0 Å². The molecule has 1 aromatic rings. The molecule has 1 fully saturated rings. The average Bonchev–Trinajstić information content (AvgIpc) is 2.65. The summed E-state index contributed by atoms with van der Waals surface area (Å²) in [5.41, 5.74) is 1.21. The van der Waals surface area contributed by atoms with Crippen molar-refractivity contribution in [3.8, 4) is 0 Å². The second-order valence-corrected chi connectivity index (χ2v) is 5.33. The molecule has 1 aliphatic heterocycles. The molecule has 1 aromatic heterocycles. The van der Waals surface area contributed by atoms with E-state index in [1.807, 2.05) is 18.0 Å². The van der Waals surface area contributed by atoms with Crippen LogP contribution in [0.3, 0.4) is 0 Å². The van der Waals surface area contributed by atoms with E-state index in [-0.39, 0.29) is 0 Å². The third kappa shape index (κ3) is 3.57. The molecule has 1 aliphatic rings. The smallest absolute Gasteiger partial charge is 0.136 e. The third-order valence-electron chi connectivity index (χ3n) is 2.85. The minimum atomic E-state index is 0.857. The summed E-state index contributed by atoms with van der Waals surface area (Å²) in [6.07, 6.45) is 4.83. The molecule has 94 valence electrons. The highest BCUT2D eigenvalue weighted by Crippen LogP contribution is 2.20. The number of nitrogens with zero attached hydrogens (tertiary/aromatic N) is 3. The van der Waals surface area contributed by atoms with Crippen LogP contribution in [0.15, 0.2) is 12.5 Å². The van der Waals surface area contributed by atoms with Crippen LogP contribution < -0.4 is 10.2 Å². The molecule has 4 nitrogen and oxygen atoms in total. The summed E-state index contributed by atoms with van der Waals surface area (Å²) in [7, 11) is 0. The quantitative estimate of drug-likeness (QED) is 0.880. The summed E-state index contributed by atoms with van der Waals surface area (Å²) >= 11 is 2.04. The van der Waals surface area contributed by atoms with Gasteiger partial charge >= 0.3 is 0 Å². The lowest BCUT2D eigenvalue weighted by molar-refractivity contribution is 0.709. The van der Waals surface area contributed by atoms with Crippen LogP contribution in [0, 0.1) is 0 Å². The topological polar surface area (TPSA) is 41.1 Å². The Morgan fingerprint density at radius 3 is 3.24 bits per heavy atom. The second-order valence-electron chi connectivity index (χ2n) is 4.10. The number of anilines is 1. The van der Waals surface area contributed by atoms with Crippen molar-refractivity contribution in [1.29, 1.82) is 0 Å². The third-order valence-corrected chi connectivity index (χ3v) is 3.90. The predicted molar refractivity (Wildman–Crippen MR) is 73.6 cm³/mol. The summed E-state index contributed by atoms with van der Waals surface area (Å²) in [6.45, 7) is 6.16. The van der Waals surface area contributed by atoms with Gasteiger partial charge in [0.1, 0.15) is 12.1 Å². The van der Waals surface area contributed by atoms with Crippen LogP contribution in [0.5, 0.6) is 0 Å². The zero-order valence-electron chi connectivity index (χ0n) is 10.4. The van der Waals surface area contributed by atoms with Crippen LogP contribution in [-0.2, 0) is 6.54 Å². The molecule has 0 bridgehead atoms. The lowest BCUT2D eigenvalue weighted by atomic mass is 10.2. The molecule has 1 N–H and O–H groups in total. The van der Waals surface area contributed by atoms with Crippen LogP contribution in [0.2, 0.25) is 0 Å². The monoisotopic (exact) mass is 252 g/mol. The van der Waals surface area contributed by atoms with Gasteiger partial charge in [0.25, 0.3) is 0 Å². The first-order valence-electron chi connectivity index (χ1n) is 6.24. The lowest BCUT2D eigenvalue weighted by Crippen LogP contribution is -2.28. The molecule has 2 heterocycles. The van der Waals surface area contributed by atoms with Gasteiger partial charge < -0.3 is 10.2 Å². The number of thioether (sulfide) groups is 1.